The topological polar surface area (TPSA) is 20.2 Å². The van der Waals surface area contributed by atoms with Gasteiger partial charge in [-0.1, -0.05) is 0 Å². The molecule has 0 saturated carbocycles. The second kappa shape index (κ2) is 7.00. The number of hydrogen-bond acceptors (Lipinski definition) is 1. The first-order valence-electron chi connectivity index (χ1n) is 8.44. The fourth-order valence-electron chi connectivity index (χ4n) is 3.47. The van der Waals surface area contributed by atoms with Crippen LogP contribution in [-0.2, 0) is 12.7 Å². The van der Waals surface area contributed by atoms with Crippen LogP contribution in [0.25, 0.3) is 0 Å². The van der Waals surface area contributed by atoms with E-state index in [1.54, 1.807) is 13.8 Å². The van der Waals surface area contributed by atoms with Gasteiger partial charge >= 0.3 is 6.18 Å². The molecule has 1 aliphatic heterocycles. The van der Waals surface area contributed by atoms with E-state index in [0.29, 0.717) is 23.5 Å². The van der Waals surface area contributed by atoms with E-state index in [2.05, 4.69) is 0 Å². The van der Waals surface area contributed by atoms with Crippen LogP contribution in [0.5, 0.6) is 0 Å². The normalized spacial score (nSPS) is 18.6. The number of likely N-dealkylation sites (tertiary alicyclic amines) is 1. The number of quaternary nitrogens is 1. The predicted octanol–water partition coefficient (Wildman–Crippen LogP) is 4.51. The minimum absolute atomic E-state index is 0.140. The summed E-state index contributed by atoms with van der Waals surface area (Å²) in [5.41, 5.74) is -1.59. The van der Waals surface area contributed by atoms with Gasteiger partial charge in [-0.05, 0) is 51.3 Å². The Morgan fingerprint density at radius 2 is 1.71 bits per heavy atom. The molecule has 0 bridgehead atoms. The van der Waals surface area contributed by atoms with Gasteiger partial charge in [0.05, 0.1) is 30.8 Å². The average molecular weight is 348 g/mol. The van der Waals surface area contributed by atoms with Crippen molar-refractivity contribution in [3.05, 3.63) is 35.1 Å². The lowest BCUT2D eigenvalue weighted by Crippen LogP contribution is -2.52. The lowest BCUT2D eigenvalue weighted by atomic mass is 9.98. The van der Waals surface area contributed by atoms with Crippen LogP contribution in [-0.4, -0.2) is 34.8 Å². The first-order chi connectivity index (χ1) is 11.0. The van der Waals surface area contributed by atoms with Crippen molar-refractivity contribution >= 4 is 0 Å². The Bertz CT molecular complexity index is 557. The van der Waals surface area contributed by atoms with Gasteiger partial charge < -0.3 is 9.59 Å². The maximum atomic E-state index is 13.3. The molecule has 0 unspecified atom stereocenters. The third kappa shape index (κ3) is 5.18. The quantitative estimate of drug-likeness (QED) is 0.613. The number of alkyl halides is 3. The molecule has 24 heavy (non-hydrogen) atoms. The molecule has 1 saturated heterocycles. The largest absolute Gasteiger partial charge is 0.416 e. The van der Waals surface area contributed by atoms with Gasteiger partial charge in [-0.3, -0.25) is 0 Å². The first kappa shape index (κ1) is 19.2. The number of benzene rings is 1. The van der Waals surface area contributed by atoms with Gasteiger partial charge in [-0.2, -0.15) is 13.2 Å². The van der Waals surface area contributed by atoms with Crippen LogP contribution in [0.2, 0.25) is 0 Å². The van der Waals surface area contributed by atoms with Crippen LogP contribution in [0, 0.1) is 5.82 Å². The second-order valence-corrected chi connectivity index (χ2v) is 7.59. The number of rotatable bonds is 5. The Morgan fingerprint density at radius 1 is 1.08 bits per heavy atom. The van der Waals surface area contributed by atoms with Gasteiger partial charge in [-0.15, -0.1) is 0 Å². The van der Waals surface area contributed by atoms with Crippen molar-refractivity contribution < 1.29 is 27.2 Å². The average Bonchev–Trinajstić information content (AvgIpc) is 2.47. The molecule has 1 aromatic carbocycles. The summed E-state index contributed by atoms with van der Waals surface area (Å²) >= 11 is 0. The molecule has 1 N–H and O–H groups in total. The summed E-state index contributed by atoms with van der Waals surface area (Å²) in [6, 6.07) is 2.95. The summed E-state index contributed by atoms with van der Waals surface area (Å²) in [5, 5.41) is 10.0. The molecular formula is C18H26F4NO+. The Morgan fingerprint density at radius 3 is 2.25 bits per heavy atom. The fraction of sp³-hybridized carbons (Fsp3) is 0.667. The van der Waals surface area contributed by atoms with Gasteiger partial charge in [-0.25, -0.2) is 4.39 Å². The van der Waals surface area contributed by atoms with Crippen LogP contribution in [0.4, 0.5) is 17.6 Å². The van der Waals surface area contributed by atoms with Crippen LogP contribution >= 0.6 is 0 Å². The molecule has 2 rings (SSSR count). The van der Waals surface area contributed by atoms with E-state index in [4.69, 9.17) is 0 Å². The zero-order chi connectivity index (χ0) is 18.0. The molecule has 0 aliphatic carbocycles. The van der Waals surface area contributed by atoms with E-state index in [0.717, 1.165) is 38.4 Å². The van der Waals surface area contributed by atoms with Gasteiger partial charge in [0.25, 0.3) is 0 Å². The Labute approximate surface area is 140 Å². The van der Waals surface area contributed by atoms with E-state index in [9.17, 15) is 22.7 Å². The number of nitrogens with zero attached hydrogens (tertiary/aromatic N) is 1. The van der Waals surface area contributed by atoms with Crippen LogP contribution in [0.3, 0.4) is 0 Å². The summed E-state index contributed by atoms with van der Waals surface area (Å²) in [6.07, 6.45) is -1.02. The van der Waals surface area contributed by atoms with Gasteiger partial charge in [0.1, 0.15) is 12.4 Å². The molecule has 6 heteroatoms. The van der Waals surface area contributed by atoms with Crippen molar-refractivity contribution in [2.24, 2.45) is 0 Å². The standard InChI is InChI=1S/C18H26F4NO/c1-17(2,24)8-11-23(9-4-3-5-10-23)13-14-6-7-15(19)12-16(14)18(20,21)22/h6-7,12,24H,3-5,8-11,13H2,1-2H3/q+1. The molecule has 0 spiro atoms. The second-order valence-electron chi connectivity index (χ2n) is 7.59. The zero-order valence-electron chi connectivity index (χ0n) is 14.3. The molecule has 0 aromatic heterocycles. The maximum Gasteiger partial charge on any atom is 0.416 e. The lowest BCUT2D eigenvalue weighted by Gasteiger charge is -2.43. The monoisotopic (exact) mass is 348 g/mol. The van der Waals surface area contributed by atoms with E-state index in [-0.39, 0.29) is 12.1 Å². The summed E-state index contributed by atoms with van der Waals surface area (Å²) in [4.78, 5) is 0. The summed E-state index contributed by atoms with van der Waals surface area (Å²) in [5.74, 6) is -0.868. The predicted molar refractivity (Wildman–Crippen MR) is 84.7 cm³/mol. The summed E-state index contributed by atoms with van der Waals surface area (Å²) in [7, 11) is 0. The molecule has 1 fully saturated rings. The highest BCUT2D eigenvalue weighted by atomic mass is 19.4. The highest BCUT2D eigenvalue weighted by Crippen LogP contribution is 2.35. The summed E-state index contributed by atoms with van der Waals surface area (Å²) in [6.45, 7) is 5.87. The molecular weight excluding hydrogens is 322 g/mol. The highest BCUT2D eigenvalue weighted by Gasteiger charge is 2.38. The third-order valence-electron chi connectivity index (χ3n) is 4.85. The van der Waals surface area contributed by atoms with E-state index < -0.39 is 23.2 Å². The SMILES string of the molecule is CC(C)(O)CC[N+]1(Cc2ccc(F)cc2C(F)(F)F)CCCCC1. The fourth-order valence-corrected chi connectivity index (χ4v) is 3.47. The number of halogens is 4. The van der Waals surface area contributed by atoms with Crippen molar-refractivity contribution in [3.63, 3.8) is 0 Å². The Hall–Kier alpha value is -1.14. The molecule has 0 amide bonds. The van der Waals surface area contributed by atoms with Crippen molar-refractivity contribution in [1.29, 1.82) is 0 Å². The molecule has 1 heterocycles. The van der Waals surface area contributed by atoms with E-state index in [1.165, 1.54) is 6.07 Å². The van der Waals surface area contributed by atoms with Gasteiger partial charge in [0.2, 0.25) is 0 Å². The minimum atomic E-state index is -4.56. The van der Waals surface area contributed by atoms with Crippen LogP contribution in [0.1, 0.15) is 50.7 Å². The molecule has 2 nitrogen and oxygen atoms in total. The third-order valence-corrected chi connectivity index (χ3v) is 4.85. The van der Waals surface area contributed by atoms with Crippen molar-refractivity contribution in [2.75, 3.05) is 19.6 Å². The van der Waals surface area contributed by atoms with Crippen molar-refractivity contribution in [3.8, 4) is 0 Å². The smallest absolute Gasteiger partial charge is 0.390 e. The molecule has 136 valence electrons. The van der Waals surface area contributed by atoms with E-state index >= 15 is 0 Å². The van der Waals surface area contributed by atoms with Gasteiger partial charge in [0.15, 0.2) is 0 Å². The number of piperidine rings is 1. The number of aliphatic hydroxyl groups is 1. The van der Waals surface area contributed by atoms with Crippen LogP contribution in [0.15, 0.2) is 18.2 Å². The Kier molecular flexibility index (Phi) is 5.60. The Balaban J connectivity index is 2.30. The van der Waals surface area contributed by atoms with Crippen molar-refractivity contribution in [1.82, 2.24) is 0 Å². The van der Waals surface area contributed by atoms with Crippen molar-refractivity contribution in [2.45, 2.75) is 57.9 Å². The summed E-state index contributed by atoms with van der Waals surface area (Å²) < 4.78 is 53.7. The minimum Gasteiger partial charge on any atom is -0.390 e. The molecule has 0 atom stereocenters. The molecule has 1 aromatic rings. The molecule has 1 aliphatic rings. The van der Waals surface area contributed by atoms with Crippen LogP contribution < -0.4 is 0 Å². The maximum absolute atomic E-state index is 13.3. The zero-order valence-corrected chi connectivity index (χ0v) is 14.3. The highest BCUT2D eigenvalue weighted by molar-refractivity contribution is 5.30. The first-order valence-corrected chi connectivity index (χ1v) is 8.44. The lowest BCUT2D eigenvalue weighted by molar-refractivity contribution is -0.945. The molecule has 0 radical (unpaired) electrons. The van der Waals surface area contributed by atoms with E-state index in [1.807, 2.05) is 0 Å². The number of hydrogen-bond donors (Lipinski definition) is 1. The van der Waals surface area contributed by atoms with Gasteiger partial charge in [0, 0.05) is 12.0 Å².